The van der Waals surface area contributed by atoms with Gasteiger partial charge in [-0.05, 0) is 25.1 Å². The molecule has 0 spiro atoms. The number of nitrogens with two attached hydrogens (primary N) is 1. The fraction of sp³-hybridized carbons (Fsp3) is 0.182. The zero-order valence-electron chi connectivity index (χ0n) is 9.12. The Morgan fingerprint density at radius 1 is 1.29 bits per heavy atom. The van der Waals surface area contributed by atoms with Gasteiger partial charge in [-0.3, -0.25) is 0 Å². The van der Waals surface area contributed by atoms with Crippen molar-refractivity contribution in [3.05, 3.63) is 48.0 Å². The van der Waals surface area contributed by atoms with E-state index in [1.165, 1.54) is 12.1 Å². The van der Waals surface area contributed by atoms with Gasteiger partial charge in [0.2, 0.25) is 0 Å². The summed E-state index contributed by atoms with van der Waals surface area (Å²) in [5, 5.41) is 0. The van der Waals surface area contributed by atoms with Crippen molar-refractivity contribution in [3.63, 3.8) is 0 Å². The number of hydrogen-bond donors (Lipinski definition) is 2. The number of nitrogens with zero attached hydrogens (tertiary/aromatic N) is 1. The van der Waals surface area contributed by atoms with Crippen LogP contribution in [-0.2, 0) is 6.18 Å². The summed E-state index contributed by atoms with van der Waals surface area (Å²) in [6.45, 7) is 1.92. The van der Waals surface area contributed by atoms with Crippen molar-refractivity contribution in [2.75, 3.05) is 5.73 Å². The van der Waals surface area contributed by atoms with Gasteiger partial charge in [0.05, 0.1) is 5.56 Å². The molecule has 0 fully saturated rings. The molecule has 1 aromatic heterocycles. The van der Waals surface area contributed by atoms with Gasteiger partial charge in [-0.15, -0.1) is 0 Å². The normalized spacial score (nSPS) is 10.6. The number of aromatic nitrogens is 2. The highest BCUT2D eigenvalue weighted by Crippen LogP contribution is 2.29. The molecule has 0 bridgehead atoms. The molecule has 2 rings (SSSR count). The number of anilines is 1. The second kappa shape index (κ2) is 5.38. The minimum absolute atomic E-state index is 0.125. The second-order valence-electron chi connectivity index (χ2n) is 3.30. The lowest BCUT2D eigenvalue weighted by Crippen LogP contribution is -2.04. The van der Waals surface area contributed by atoms with Crippen LogP contribution in [0.4, 0.5) is 18.9 Å². The molecule has 0 radical (unpaired) electrons. The van der Waals surface area contributed by atoms with Gasteiger partial charge in [-0.2, -0.15) is 13.2 Å². The van der Waals surface area contributed by atoms with Crippen LogP contribution in [0.1, 0.15) is 11.4 Å². The summed E-state index contributed by atoms with van der Waals surface area (Å²) >= 11 is 0. The highest BCUT2D eigenvalue weighted by atomic mass is 19.4. The zero-order chi connectivity index (χ0) is 12.9. The van der Waals surface area contributed by atoms with Crippen LogP contribution in [0.25, 0.3) is 0 Å². The number of nitrogens with one attached hydrogen (secondary N) is 1. The largest absolute Gasteiger partial charge is 0.416 e. The number of benzene rings is 1. The molecule has 92 valence electrons. The zero-order valence-corrected chi connectivity index (χ0v) is 9.12. The molecule has 0 aliphatic carbocycles. The highest BCUT2D eigenvalue weighted by Gasteiger charge is 2.30. The number of halogens is 3. The summed E-state index contributed by atoms with van der Waals surface area (Å²) in [6, 6.07) is 4.57. The first-order chi connectivity index (χ1) is 7.89. The van der Waals surface area contributed by atoms with Gasteiger partial charge in [0.15, 0.2) is 0 Å². The van der Waals surface area contributed by atoms with Crippen molar-refractivity contribution in [2.24, 2.45) is 0 Å². The van der Waals surface area contributed by atoms with Gasteiger partial charge in [-0.1, -0.05) is 6.07 Å². The third-order valence-corrected chi connectivity index (χ3v) is 1.85. The van der Waals surface area contributed by atoms with E-state index in [-0.39, 0.29) is 5.69 Å². The number of imidazole rings is 1. The predicted octanol–water partition coefficient (Wildman–Crippen LogP) is 3.01. The Kier molecular flexibility index (Phi) is 4.14. The van der Waals surface area contributed by atoms with Crippen LogP contribution < -0.4 is 5.73 Å². The fourth-order valence-electron chi connectivity index (χ4n) is 1.06. The summed E-state index contributed by atoms with van der Waals surface area (Å²) in [5.74, 6) is 0.968. The second-order valence-corrected chi connectivity index (χ2v) is 3.30. The summed E-state index contributed by atoms with van der Waals surface area (Å²) in [6.07, 6.45) is -0.764. The molecule has 0 saturated heterocycles. The molecule has 0 saturated carbocycles. The number of H-pyrrole nitrogens is 1. The van der Waals surface area contributed by atoms with Gasteiger partial charge in [0.1, 0.15) is 5.82 Å². The number of aryl methyl sites for hydroxylation is 1. The lowest BCUT2D eigenvalue weighted by molar-refractivity contribution is -0.137. The van der Waals surface area contributed by atoms with Crippen LogP contribution in [0.5, 0.6) is 0 Å². The SMILES string of the molecule is Cc1ncc[nH]1.Nc1cccc(C(F)(F)F)c1. The molecule has 0 unspecified atom stereocenters. The molecule has 2 aromatic rings. The molecule has 0 amide bonds. The third-order valence-electron chi connectivity index (χ3n) is 1.85. The van der Waals surface area contributed by atoms with Gasteiger partial charge in [0, 0.05) is 18.1 Å². The smallest absolute Gasteiger partial charge is 0.399 e. The monoisotopic (exact) mass is 243 g/mol. The van der Waals surface area contributed by atoms with Crippen molar-refractivity contribution < 1.29 is 13.2 Å². The molecule has 0 aliphatic heterocycles. The van der Waals surface area contributed by atoms with Crippen molar-refractivity contribution in [1.82, 2.24) is 9.97 Å². The molecular weight excluding hydrogens is 231 g/mol. The maximum Gasteiger partial charge on any atom is 0.416 e. The van der Waals surface area contributed by atoms with E-state index in [0.29, 0.717) is 0 Å². The maximum absolute atomic E-state index is 11.9. The lowest BCUT2D eigenvalue weighted by atomic mass is 10.2. The van der Waals surface area contributed by atoms with E-state index >= 15 is 0 Å². The van der Waals surface area contributed by atoms with Gasteiger partial charge in [-0.25, -0.2) is 4.98 Å². The minimum Gasteiger partial charge on any atom is -0.399 e. The Morgan fingerprint density at radius 3 is 2.29 bits per heavy atom. The molecule has 0 aliphatic rings. The third kappa shape index (κ3) is 4.58. The molecule has 0 atom stereocenters. The first kappa shape index (κ1) is 13.1. The molecule has 6 heteroatoms. The molecule has 3 N–H and O–H groups in total. The topological polar surface area (TPSA) is 54.7 Å². The average Bonchev–Trinajstić information content (AvgIpc) is 2.69. The quantitative estimate of drug-likeness (QED) is 0.699. The Balaban J connectivity index is 0.000000202. The summed E-state index contributed by atoms with van der Waals surface area (Å²) in [7, 11) is 0. The van der Waals surface area contributed by atoms with Crippen LogP contribution >= 0.6 is 0 Å². The fourth-order valence-corrected chi connectivity index (χ4v) is 1.06. The number of hydrogen-bond acceptors (Lipinski definition) is 2. The summed E-state index contributed by atoms with van der Waals surface area (Å²) < 4.78 is 35.7. The minimum atomic E-state index is -4.30. The van der Waals surface area contributed by atoms with Gasteiger partial charge < -0.3 is 10.7 Å². The van der Waals surface area contributed by atoms with E-state index in [1.807, 2.05) is 6.92 Å². The number of aromatic amines is 1. The summed E-state index contributed by atoms with van der Waals surface area (Å²) in [4.78, 5) is 6.75. The standard InChI is InChI=1S/C7H6F3N.C4H6N2/c8-7(9,10)5-2-1-3-6(11)4-5;1-4-5-2-3-6-4/h1-4H,11H2;2-3H,1H3,(H,5,6). The number of nitrogen functional groups attached to an aromatic ring is 1. The lowest BCUT2D eigenvalue weighted by Gasteiger charge is -2.05. The van der Waals surface area contributed by atoms with E-state index < -0.39 is 11.7 Å². The van der Waals surface area contributed by atoms with E-state index in [2.05, 4.69) is 9.97 Å². The number of alkyl halides is 3. The van der Waals surface area contributed by atoms with E-state index in [0.717, 1.165) is 18.0 Å². The molecular formula is C11H12F3N3. The molecule has 1 heterocycles. The van der Waals surface area contributed by atoms with Gasteiger partial charge in [0.25, 0.3) is 0 Å². The van der Waals surface area contributed by atoms with Crippen molar-refractivity contribution >= 4 is 5.69 Å². The van der Waals surface area contributed by atoms with E-state index in [9.17, 15) is 13.2 Å². The van der Waals surface area contributed by atoms with Crippen LogP contribution in [0.15, 0.2) is 36.7 Å². The van der Waals surface area contributed by atoms with Crippen molar-refractivity contribution in [2.45, 2.75) is 13.1 Å². The van der Waals surface area contributed by atoms with Crippen LogP contribution in [0.2, 0.25) is 0 Å². The first-order valence-electron chi connectivity index (χ1n) is 4.78. The van der Waals surface area contributed by atoms with Crippen LogP contribution in [0, 0.1) is 6.92 Å². The molecule has 3 nitrogen and oxygen atoms in total. The van der Waals surface area contributed by atoms with Crippen LogP contribution in [0.3, 0.4) is 0 Å². The Bertz CT molecular complexity index is 449. The van der Waals surface area contributed by atoms with Crippen LogP contribution in [-0.4, -0.2) is 9.97 Å². The Labute approximate surface area is 96.5 Å². The first-order valence-corrected chi connectivity index (χ1v) is 4.78. The predicted molar refractivity (Wildman–Crippen MR) is 59.2 cm³/mol. The Hall–Kier alpha value is -1.98. The molecule has 17 heavy (non-hydrogen) atoms. The highest BCUT2D eigenvalue weighted by molar-refractivity contribution is 5.41. The number of rotatable bonds is 0. The van der Waals surface area contributed by atoms with E-state index in [4.69, 9.17) is 5.73 Å². The Morgan fingerprint density at radius 2 is 2.00 bits per heavy atom. The average molecular weight is 243 g/mol. The van der Waals surface area contributed by atoms with E-state index in [1.54, 1.807) is 12.4 Å². The maximum atomic E-state index is 11.9. The van der Waals surface area contributed by atoms with Gasteiger partial charge >= 0.3 is 6.18 Å². The summed E-state index contributed by atoms with van der Waals surface area (Å²) in [5.41, 5.74) is 4.57. The van der Waals surface area contributed by atoms with Crippen molar-refractivity contribution in [3.8, 4) is 0 Å². The van der Waals surface area contributed by atoms with Crippen molar-refractivity contribution in [1.29, 1.82) is 0 Å². The molecule has 1 aromatic carbocycles.